The molecule has 132 valence electrons. The van der Waals surface area contributed by atoms with Gasteiger partial charge < -0.3 is 10.4 Å². The molecule has 8 heteroatoms. The van der Waals surface area contributed by atoms with E-state index in [1.54, 1.807) is 0 Å². The van der Waals surface area contributed by atoms with Crippen LogP contribution in [0, 0.1) is 11.8 Å². The van der Waals surface area contributed by atoms with Crippen LogP contribution in [-0.2, 0) is 4.79 Å². The lowest BCUT2D eigenvalue weighted by Gasteiger charge is -2.29. The maximum Gasteiger partial charge on any atom is 0.391 e. The van der Waals surface area contributed by atoms with Gasteiger partial charge in [0.2, 0.25) is 5.91 Å². The van der Waals surface area contributed by atoms with Crippen molar-refractivity contribution in [2.24, 2.45) is 11.8 Å². The van der Waals surface area contributed by atoms with Crippen LogP contribution < -0.4 is 5.32 Å². The molecule has 1 saturated carbocycles. The van der Waals surface area contributed by atoms with Crippen molar-refractivity contribution in [2.75, 3.05) is 5.32 Å². The van der Waals surface area contributed by atoms with E-state index in [2.05, 4.69) is 5.32 Å². The molecule has 2 rings (SSSR count). The summed E-state index contributed by atoms with van der Waals surface area (Å²) in [5.41, 5.74) is 0.291. The fraction of sp³-hybridized carbons (Fsp3) is 0.500. The van der Waals surface area contributed by atoms with E-state index in [9.17, 15) is 22.8 Å². The van der Waals surface area contributed by atoms with E-state index in [-0.39, 0.29) is 41.7 Å². The SMILES string of the molecule is O=C(CC1CCC(C(F)(F)F)CC1)Nc1ccc(C(=O)O)c(Cl)c1. The molecule has 24 heavy (non-hydrogen) atoms. The predicted molar refractivity (Wildman–Crippen MR) is 83.2 cm³/mol. The number of amides is 1. The Bertz CT molecular complexity index is 625. The van der Waals surface area contributed by atoms with Gasteiger partial charge >= 0.3 is 12.1 Å². The molecule has 0 bridgehead atoms. The molecule has 0 saturated heterocycles. The lowest BCUT2D eigenvalue weighted by Crippen LogP contribution is -2.29. The van der Waals surface area contributed by atoms with Gasteiger partial charge in [-0.3, -0.25) is 4.79 Å². The van der Waals surface area contributed by atoms with Crippen LogP contribution in [0.4, 0.5) is 18.9 Å². The summed E-state index contributed by atoms with van der Waals surface area (Å²) in [5.74, 6) is -2.82. The first kappa shape index (κ1) is 18.6. The third-order valence-electron chi connectivity index (χ3n) is 4.27. The number of carboxylic acid groups (broad SMARTS) is 1. The average molecular weight is 364 g/mol. The first-order chi connectivity index (χ1) is 11.2. The third-order valence-corrected chi connectivity index (χ3v) is 4.58. The molecule has 0 unspecified atom stereocenters. The Morgan fingerprint density at radius 1 is 1.21 bits per heavy atom. The van der Waals surface area contributed by atoms with E-state index in [0.717, 1.165) is 0 Å². The predicted octanol–water partition coefficient (Wildman–Crippen LogP) is 4.74. The minimum absolute atomic E-state index is 0.00554. The standard InChI is InChI=1S/C16H17ClF3NO3/c17-13-8-11(5-6-12(13)15(23)24)21-14(22)7-9-1-3-10(4-2-9)16(18,19)20/h5-6,8-10H,1-4,7H2,(H,21,22)(H,23,24). The lowest BCUT2D eigenvalue weighted by atomic mass is 9.80. The summed E-state index contributed by atoms with van der Waals surface area (Å²) in [4.78, 5) is 22.9. The normalized spacial score (nSPS) is 21.3. The molecule has 1 aliphatic rings. The van der Waals surface area contributed by atoms with Crippen LogP contribution in [0.25, 0.3) is 0 Å². The second-order valence-corrected chi connectivity index (χ2v) is 6.42. The topological polar surface area (TPSA) is 66.4 Å². The Hall–Kier alpha value is -1.76. The number of benzene rings is 1. The molecule has 0 radical (unpaired) electrons. The highest BCUT2D eigenvalue weighted by molar-refractivity contribution is 6.33. The highest BCUT2D eigenvalue weighted by atomic mass is 35.5. The summed E-state index contributed by atoms with van der Waals surface area (Å²) >= 11 is 5.82. The van der Waals surface area contributed by atoms with Crippen molar-refractivity contribution < 1.29 is 27.9 Å². The number of hydrogen-bond donors (Lipinski definition) is 2. The lowest BCUT2D eigenvalue weighted by molar-refractivity contribution is -0.183. The molecule has 0 atom stereocenters. The number of carbonyl (C=O) groups excluding carboxylic acids is 1. The van der Waals surface area contributed by atoms with Gasteiger partial charge in [0.1, 0.15) is 0 Å². The first-order valence-electron chi connectivity index (χ1n) is 7.56. The maximum absolute atomic E-state index is 12.6. The zero-order valence-corrected chi connectivity index (χ0v) is 13.5. The molecule has 0 heterocycles. The largest absolute Gasteiger partial charge is 0.478 e. The van der Waals surface area contributed by atoms with Crippen molar-refractivity contribution in [3.05, 3.63) is 28.8 Å². The van der Waals surface area contributed by atoms with Gasteiger partial charge in [-0.25, -0.2) is 4.79 Å². The molecule has 4 nitrogen and oxygen atoms in total. The van der Waals surface area contributed by atoms with Crippen LogP contribution in [-0.4, -0.2) is 23.2 Å². The van der Waals surface area contributed by atoms with Crippen LogP contribution >= 0.6 is 11.6 Å². The Labute approximate surface area is 142 Å². The number of halogens is 4. The van der Waals surface area contributed by atoms with Crippen LogP contribution in [0.5, 0.6) is 0 Å². The highest BCUT2D eigenvalue weighted by Crippen LogP contribution is 2.40. The zero-order valence-electron chi connectivity index (χ0n) is 12.7. The molecule has 2 N–H and O–H groups in total. The number of hydrogen-bond acceptors (Lipinski definition) is 2. The van der Waals surface area contributed by atoms with Gasteiger partial charge in [0.05, 0.1) is 16.5 Å². The fourth-order valence-electron chi connectivity index (χ4n) is 2.93. The number of carbonyl (C=O) groups is 2. The number of carboxylic acids is 1. The molecule has 1 aromatic carbocycles. The summed E-state index contributed by atoms with van der Waals surface area (Å²) in [7, 11) is 0. The van der Waals surface area contributed by atoms with Crippen molar-refractivity contribution in [1.82, 2.24) is 0 Å². The highest BCUT2D eigenvalue weighted by Gasteiger charge is 2.41. The number of alkyl halides is 3. The van der Waals surface area contributed by atoms with Crippen LogP contribution in [0.1, 0.15) is 42.5 Å². The van der Waals surface area contributed by atoms with Gasteiger partial charge in [-0.1, -0.05) is 11.6 Å². The minimum Gasteiger partial charge on any atom is -0.478 e. The van der Waals surface area contributed by atoms with Crippen molar-refractivity contribution in [2.45, 2.75) is 38.3 Å². The molecule has 1 aliphatic carbocycles. The van der Waals surface area contributed by atoms with Crippen LogP contribution in [0.2, 0.25) is 5.02 Å². The molecule has 0 aliphatic heterocycles. The Balaban J connectivity index is 1.86. The molecular formula is C16H17ClF3NO3. The van der Waals surface area contributed by atoms with E-state index < -0.39 is 18.1 Å². The number of rotatable bonds is 4. The number of aromatic carboxylic acids is 1. The maximum atomic E-state index is 12.6. The quantitative estimate of drug-likeness (QED) is 0.812. The van der Waals surface area contributed by atoms with E-state index in [0.29, 0.717) is 18.5 Å². The minimum atomic E-state index is -4.16. The van der Waals surface area contributed by atoms with Crippen molar-refractivity contribution in [3.63, 3.8) is 0 Å². The fourth-order valence-corrected chi connectivity index (χ4v) is 3.20. The van der Waals surface area contributed by atoms with Crippen LogP contribution in [0.3, 0.4) is 0 Å². The van der Waals surface area contributed by atoms with Gasteiger partial charge in [0.25, 0.3) is 0 Å². The summed E-state index contributed by atoms with van der Waals surface area (Å²) in [5, 5.41) is 11.5. The van der Waals surface area contributed by atoms with Gasteiger partial charge in [0, 0.05) is 12.1 Å². The van der Waals surface area contributed by atoms with Gasteiger partial charge in [-0.2, -0.15) is 13.2 Å². The van der Waals surface area contributed by atoms with Crippen molar-refractivity contribution in [1.29, 1.82) is 0 Å². The summed E-state index contributed by atoms with van der Waals surface area (Å²) in [6.45, 7) is 0. The smallest absolute Gasteiger partial charge is 0.391 e. The Morgan fingerprint density at radius 3 is 2.33 bits per heavy atom. The van der Waals surface area contributed by atoms with Crippen LogP contribution in [0.15, 0.2) is 18.2 Å². The van der Waals surface area contributed by atoms with Crippen molar-refractivity contribution >= 4 is 29.2 Å². The summed E-state index contributed by atoms with van der Waals surface area (Å²) in [6.07, 6.45) is -3.16. The van der Waals surface area contributed by atoms with E-state index in [1.807, 2.05) is 0 Å². The van der Waals surface area contributed by atoms with Gasteiger partial charge in [-0.15, -0.1) is 0 Å². The third kappa shape index (κ3) is 4.87. The van der Waals surface area contributed by atoms with E-state index >= 15 is 0 Å². The number of nitrogens with one attached hydrogen (secondary N) is 1. The molecular weight excluding hydrogens is 347 g/mol. The summed E-state index contributed by atoms with van der Waals surface area (Å²) in [6, 6.07) is 4.05. The monoisotopic (exact) mass is 363 g/mol. The van der Waals surface area contributed by atoms with Gasteiger partial charge in [-0.05, 0) is 49.8 Å². The van der Waals surface area contributed by atoms with E-state index in [4.69, 9.17) is 16.7 Å². The molecule has 1 aromatic rings. The van der Waals surface area contributed by atoms with Crippen molar-refractivity contribution in [3.8, 4) is 0 Å². The first-order valence-corrected chi connectivity index (χ1v) is 7.94. The Morgan fingerprint density at radius 2 is 1.83 bits per heavy atom. The van der Waals surface area contributed by atoms with E-state index in [1.165, 1.54) is 18.2 Å². The zero-order chi connectivity index (χ0) is 17.9. The summed E-state index contributed by atoms with van der Waals surface area (Å²) < 4.78 is 37.8. The second-order valence-electron chi connectivity index (χ2n) is 6.01. The number of anilines is 1. The average Bonchev–Trinajstić information content (AvgIpc) is 2.46. The second kappa shape index (κ2) is 7.42. The molecule has 1 fully saturated rings. The van der Waals surface area contributed by atoms with Gasteiger partial charge in [0.15, 0.2) is 0 Å². The molecule has 0 aromatic heterocycles. The molecule has 1 amide bonds. The molecule has 0 spiro atoms. The Kier molecular flexibility index (Phi) is 5.74.